The lowest BCUT2D eigenvalue weighted by molar-refractivity contribution is -0.140. The molecule has 5 heteroatoms. The van der Waals surface area contributed by atoms with Crippen LogP contribution in [0.4, 0.5) is 0 Å². The molecule has 1 aliphatic rings. The molecule has 1 aliphatic heterocycles. The van der Waals surface area contributed by atoms with Crippen LogP contribution in [-0.4, -0.2) is 46.1 Å². The van der Waals surface area contributed by atoms with Crippen LogP contribution in [-0.2, 0) is 11.3 Å². The van der Waals surface area contributed by atoms with Gasteiger partial charge in [-0.2, -0.15) is 11.8 Å². The zero-order valence-corrected chi connectivity index (χ0v) is 11.0. The molecule has 0 saturated carbocycles. The van der Waals surface area contributed by atoms with Gasteiger partial charge in [-0.05, 0) is 5.56 Å². The number of carbonyl (C=O) groups is 1. The molecule has 0 bridgehead atoms. The Morgan fingerprint density at radius 3 is 2.89 bits per heavy atom. The summed E-state index contributed by atoms with van der Waals surface area (Å²) in [5.41, 5.74) is 6.98. The van der Waals surface area contributed by atoms with Crippen molar-refractivity contribution in [3.05, 3.63) is 35.9 Å². The molecular formula is C13H18N2O2S. The summed E-state index contributed by atoms with van der Waals surface area (Å²) >= 11 is 1.78. The van der Waals surface area contributed by atoms with Crippen LogP contribution in [0.15, 0.2) is 30.3 Å². The smallest absolute Gasteiger partial charge is 0.322 e. The summed E-state index contributed by atoms with van der Waals surface area (Å²) < 4.78 is 0. The molecule has 4 nitrogen and oxygen atoms in total. The van der Waals surface area contributed by atoms with Crippen molar-refractivity contribution in [3.8, 4) is 0 Å². The summed E-state index contributed by atoms with van der Waals surface area (Å²) in [6.07, 6.45) is 0. The van der Waals surface area contributed by atoms with Crippen LogP contribution in [0.2, 0.25) is 0 Å². The first-order chi connectivity index (χ1) is 8.68. The maximum absolute atomic E-state index is 11.0. The number of nitrogens with zero attached hydrogens (tertiary/aromatic N) is 1. The maximum Gasteiger partial charge on any atom is 0.322 e. The Morgan fingerprint density at radius 1 is 1.50 bits per heavy atom. The van der Waals surface area contributed by atoms with Crippen LogP contribution < -0.4 is 5.73 Å². The number of hydrogen-bond acceptors (Lipinski definition) is 4. The fourth-order valence-corrected chi connectivity index (χ4v) is 3.36. The van der Waals surface area contributed by atoms with Crippen LogP contribution in [0.25, 0.3) is 0 Å². The third kappa shape index (κ3) is 3.25. The molecule has 0 aromatic heterocycles. The first-order valence-corrected chi connectivity index (χ1v) is 7.18. The molecule has 0 aliphatic carbocycles. The van der Waals surface area contributed by atoms with E-state index in [1.165, 1.54) is 5.56 Å². The molecule has 0 amide bonds. The Hall–Kier alpha value is -1.04. The molecular weight excluding hydrogens is 248 g/mol. The van der Waals surface area contributed by atoms with Crippen molar-refractivity contribution in [1.82, 2.24) is 4.90 Å². The van der Waals surface area contributed by atoms with Crippen LogP contribution >= 0.6 is 11.8 Å². The molecule has 1 fully saturated rings. The van der Waals surface area contributed by atoms with Gasteiger partial charge >= 0.3 is 5.97 Å². The number of hydrogen-bond donors (Lipinski definition) is 2. The van der Waals surface area contributed by atoms with Gasteiger partial charge in [-0.25, -0.2) is 0 Å². The number of benzene rings is 1. The van der Waals surface area contributed by atoms with E-state index in [0.717, 1.165) is 24.6 Å². The first-order valence-electron chi connectivity index (χ1n) is 6.02. The van der Waals surface area contributed by atoms with Crippen LogP contribution in [0.5, 0.6) is 0 Å². The Labute approximate surface area is 111 Å². The molecule has 2 unspecified atom stereocenters. The second-order valence-electron chi connectivity index (χ2n) is 4.46. The number of thioether (sulfide) groups is 1. The number of carboxylic acid groups (broad SMARTS) is 1. The van der Waals surface area contributed by atoms with Crippen molar-refractivity contribution < 1.29 is 9.90 Å². The third-order valence-electron chi connectivity index (χ3n) is 3.21. The van der Waals surface area contributed by atoms with Gasteiger partial charge < -0.3 is 10.8 Å². The predicted molar refractivity (Wildman–Crippen MR) is 73.6 cm³/mol. The molecule has 0 radical (unpaired) electrons. The second kappa shape index (κ2) is 6.22. The maximum atomic E-state index is 11.0. The standard InChI is InChI=1S/C13H18N2O2S/c14-12(13(16)17)11-9-18-7-6-15(11)8-10-4-2-1-3-5-10/h1-5,11-12H,6-9,14H2,(H,16,17). The molecule has 1 saturated heterocycles. The van der Waals surface area contributed by atoms with E-state index in [2.05, 4.69) is 17.0 Å². The van der Waals surface area contributed by atoms with E-state index in [0.29, 0.717) is 0 Å². The summed E-state index contributed by atoms with van der Waals surface area (Å²) in [5.74, 6) is 0.913. The average Bonchev–Trinajstić information content (AvgIpc) is 2.39. The molecule has 98 valence electrons. The summed E-state index contributed by atoms with van der Waals surface area (Å²) in [5, 5.41) is 9.06. The second-order valence-corrected chi connectivity index (χ2v) is 5.61. The van der Waals surface area contributed by atoms with Crippen molar-refractivity contribution in [2.45, 2.75) is 18.6 Å². The fourth-order valence-electron chi connectivity index (χ4n) is 2.17. The van der Waals surface area contributed by atoms with Gasteiger partial charge in [-0.15, -0.1) is 0 Å². The SMILES string of the molecule is NC(C(=O)O)C1CSCCN1Cc1ccccc1. The number of aliphatic carboxylic acids is 1. The fraction of sp³-hybridized carbons (Fsp3) is 0.462. The lowest BCUT2D eigenvalue weighted by Gasteiger charge is -2.37. The number of nitrogens with two attached hydrogens (primary N) is 1. The monoisotopic (exact) mass is 266 g/mol. The zero-order valence-electron chi connectivity index (χ0n) is 10.2. The summed E-state index contributed by atoms with van der Waals surface area (Å²) in [6, 6.07) is 9.22. The van der Waals surface area contributed by atoms with E-state index >= 15 is 0 Å². The summed E-state index contributed by atoms with van der Waals surface area (Å²) in [6.45, 7) is 1.66. The van der Waals surface area contributed by atoms with Gasteiger partial charge in [0.1, 0.15) is 6.04 Å². The van der Waals surface area contributed by atoms with Crippen molar-refractivity contribution in [3.63, 3.8) is 0 Å². The first kappa shape index (κ1) is 13.4. The van der Waals surface area contributed by atoms with Gasteiger partial charge in [-0.1, -0.05) is 30.3 Å². The van der Waals surface area contributed by atoms with Gasteiger partial charge in [-0.3, -0.25) is 9.69 Å². The van der Waals surface area contributed by atoms with Gasteiger partial charge in [0, 0.05) is 30.6 Å². The minimum Gasteiger partial charge on any atom is -0.480 e. The van der Waals surface area contributed by atoms with Crippen LogP contribution in [0.3, 0.4) is 0 Å². The number of carboxylic acids is 1. The minimum absolute atomic E-state index is 0.0820. The normalized spacial score (nSPS) is 22.6. The van der Waals surface area contributed by atoms with Gasteiger partial charge in [0.05, 0.1) is 0 Å². The van der Waals surface area contributed by atoms with E-state index in [-0.39, 0.29) is 6.04 Å². The van der Waals surface area contributed by atoms with Crippen LogP contribution in [0.1, 0.15) is 5.56 Å². The van der Waals surface area contributed by atoms with E-state index < -0.39 is 12.0 Å². The van der Waals surface area contributed by atoms with Crippen molar-refractivity contribution in [2.75, 3.05) is 18.1 Å². The predicted octanol–water partition coefficient (Wildman–Crippen LogP) is 1.02. The highest BCUT2D eigenvalue weighted by Gasteiger charge is 2.32. The summed E-state index contributed by atoms with van der Waals surface area (Å²) in [4.78, 5) is 13.2. The third-order valence-corrected chi connectivity index (χ3v) is 4.26. The summed E-state index contributed by atoms with van der Waals surface area (Å²) in [7, 11) is 0. The lowest BCUT2D eigenvalue weighted by atomic mass is 10.1. The van der Waals surface area contributed by atoms with E-state index in [9.17, 15) is 4.79 Å². The van der Waals surface area contributed by atoms with Gasteiger partial charge in [0.2, 0.25) is 0 Å². The van der Waals surface area contributed by atoms with E-state index in [1.807, 2.05) is 18.2 Å². The van der Waals surface area contributed by atoms with Crippen molar-refractivity contribution >= 4 is 17.7 Å². The number of rotatable bonds is 4. The lowest BCUT2D eigenvalue weighted by Crippen LogP contribution is -2.55. The Morgan fingerprint density at radius 2 is 2.22 bits per heavy atom. The molecule has 0 spiro atoms. The minimum atomic E-state index is -0.916. The topological polar surface area (TPSA) is 66.6 Å². The van der Waals surface area contributed by atoms with Gasteiger partial charge in [0.25, 0.3) is 0 Å². The average molecular weight is 266 g/mol. The van der Waals surface area contributed by atoms with Crippen LogP contribution in [0, 0.1) is 0 Å². The highest BCUT2D eigenvalue weighted by molar-refractivity contribution is 7.99. The van der Waals surface area contributed by atoms with E-state index in [4.69, 9.17) is 10.8 Å². The van der Waals surface area contributed by atoms with E-state index in [1.54, 1.807) is 11.8 Å². The highest BCUT2D eigenvalue weighted by Crippen LogP contribution is 2.20. The quantitative estimate of drug-likeness (QED) is 0.851. The Kier molecular flexibility index (Phi) is 4.63. The molecule has 2 atom stereocenters. The zero-order chi connectivity index (χ0) is 13.0. The van der Waals surface area contributed by atoms with Crippen molar-refractivity contribution in [1.29, 1.82) is 0 Å². The van der Waals surface area contributed by atoms with Crippen molar-refractivity contribution in [2.24, 2.45) is 5.73 Å². The molecule has 18 heavy (non-hydrogen) atoms. The molecule has 2 rings (SSSR count). The molecule has 1 aromatic rings. The molecule has 1 heterocycles. The highest BCUT2D eigenvalue weighted by atomic mass is 32.2. The largest absolute Gasteiger partial charge is 0.480 e. The molecule has 1 aromatic carbocycles. The Bertz CT molecular complexity index is 399. The molecule has 3 N–H and O–H groups in total. The Balaban J connectivity index is 2.06. The van der Waals surface area contributed by atoms with Gasteiger partial charge in [0.15, 0.2) is 0 Å².